The van der Waals surface area contributed by atoms with E-state index in [4.69, 9.17) is 17.3 Å². The van der Waals surface area contributed by atoms with Gasteiger partial charge in [0.2, 0.25) is 5.95 Å². The fraction of sp³-hybridized carbons (Fsp3) is 0. The molecule has 0 spiro atoms. The molecule has 0 saturated carbocycles. The van der Waals surface area contributed by atoms with Gasteiger partial charge >= 0.3 is 0 Å². The van der Waals surface area contributed by atoms with Gasteiger partial charge in [-0.3, -0.25) is 0 Å². The van der Waals surface area contributed by atoms with Crippen LogP contribution in [0.5, 0.6) is 0 Å². The number of nitrogens with two attached hydrogens (primary N) is 1. The summed E-state index contributed by atoms with van der Waals surface area (Å²) in [5.74, 6) is 0.246. The number of nitrogen functional groups attached to an aromatic ring is 1. The molecule has 0 unspecified atom stereocenters. The van der Waals surface area contributed by atoms with Crippen LogP contribution in [0.25, 0.3) is 11.0 Å². The molecule has 56 valence electrons. The Labute approximate surface area is 67.4 Å². The van der Waals surface area contributed by atoms with Gasteiger partial charge in [0.05, 0.1) is 10.4 Å². The lowest BCUT2D eigenvalue weighted by Crippen LogP contribution is -1.92. The first-order chi connectivity index (χ1) is 5.27. The Balaban J connectivity index is 2.86. The Hall–Kier alpha value is -1.29. The molecule has 0 bridgehead atoms. The smallest absolute Gasteiger partial charge is 0.221 e. The number of halogens is 1. The topological polar surface area (TPSA) is 67.6 Å². The number of aromatic amines is 1. The molecule has 0 saturated heterocycles. The number of nitrogens with zero attached hydrogens (tertiary/aromatic N) is 2. The summed E-state index contributed by atoms with van der Waals surface area (Å²) in [6, 6.07) is 0. The molecule has 11 heavy (non-hydrogen) atoms. The second-order valence-corrected chi connectivity index (χ2v) is 2.53. The molecule has 0 aliphatic heterocycles. The zero-order valence-corrected chi connectivity index (χ0v) is 6.26. The summed E-state index contributed by atoms with van der Waals surface area (Å²) in [7, 11) is 0. The summed E-state index contributed by atoms with van der Waals surface area (Å²) in [4.78, 5) is 10.6. The zero-order chi connectivity index (χ0) is 7.84. The highest BCUT2D eigenvalue weighted by Gasteiger charge is 2.01. The van der Waals surface area contributed by atoms with Crippen molar-refractivity contribution in [1.82, 2.24) is 15.0 Å². The lowest BCUT2D eigenvalue weighted by atomic mass is 10.4. The van der Waals surface area contributed by atoms with Crippen molar-refractivity contribution >= 4 is 28.6 Å². The van der Waals surface area contributed by atoms with Crippen molar-refractivity contribution in [3.63, 3.8) is 0 Å². The number of anilines is 1. The summed E-state index contributed by atoms with van der Waals surface area (Å²) < 4.78 is 0. The predicted octanol–water partition coefficient (Wildman–Crippen LogP) is 1.19. The van der Waals surface area contributed by atoms with Gasteiger partial charge in [-0.05, 0) is 0 Å². The predicted molar refractivity (Wildman–Crippen MR) is 43.3 cm³/mol. The number of hydrogen-bond donors (Lipinski definition) is 2. The van der Waals surface area contributed by atoms with Crippen LogP contribution in [0.15, 0.2) is 12.4 Å². The van der Waals surface area contributed by atoms with Gasteiger partial charge in [-0.25, -0.2) is 4.98 Å². The summed E-state index contributed by atoms with van der Waals surface area (Å²) in [5.41, 5.74) is 6.02. The van der Waals surface area contributed by atoms with Gasteiger partial charge in [0, 0.05) is 12.4 Å². The van der Waals surface area contributed by atoms with Crippen molar-refractivity contribution in [3.8, 4) is 0 Å². The molecule has 0 aromatic carbocycles. The first-order valence-electron chi connectivity index (χ1n) is 3.02. The monoisotopic (exact) mass is 168 g/mol. The Morgan fingerprint density at radius 2 is 2.36 bits per heavy atom. The first-order valence-corrected chi connectivity index (χ1v) is 3.40. The van der Waals surface area contributed by atoms with Crippen LogP contribution in [0.2, 0.25) is 5.02 Å². The molecule has 5 heteroatoms. The third kappa shape index (κ3) is 0.914. The second-order valence-electron chi connectivity index (χ2n) is 2.13. The minimum atomic E-state index is 0.246. The Morgan fingerprint density at radius 1 is 1.55 bits per heavy atom. The third-order valence-electron chi connectivity index (χ3n) is 1.40. The molecule has 0 amide bonds. The third-order valence-corrected chi connectivity index (χ3v) is 1.71. The van der Waals surface area contributed by atoms with Crippen LogP contribution >= 0.6 is 11.6 Å². The Morgan fingerprint density at radius 3 is 3.18 bits per heavy atom. The summed E-state index contributed by atoms with van der Waals surface area (Å²) in [5, 5.41) is 1.40. The molecule has 2 aromatic rings. The van der Waals surface area contributed by atoms with E-state index in [1.807, 2.05) is 0 Å². The van der Waals surface area contributed by atoms with Gasteiger partial charge in [0.1, 0.15) is 5.65 Å². The average molecular weight is 169 g/mol. The largest absolute Gasteiger partial charge is 0.368 e. The van der Waals surface area contributed by atoms with Gasteiger partial charge in [-0.15, -0.1) is 0 Å². The highest BCUT2D eigenvalue weighted by Crippen LogP contribution is 2.20. The second kappa shape index (κ2) is 2.10. The number of hydrogen-bond acceptors (Lipinski definition) is 3. The number of aromatic nitrogens is 3. The van der Waals surface area contributed by atoms with Crippen molar-refractivity contribution in [2.75, 3.05) is 5.73 Å². The van der Waals surface area contributed by atoms with Gasteiger partial charge in [0.25, 0.3) is 0 Å². The van der Waals surface area contributed by atoms with E-state index in [2.05, 4.69) is 15.0 Å². The maximum atomic E-state index is 5.77. The molecular weight excluding hydrogens is 164 g/mol. The van der Waals surface area contributed by atoms with E-state index in [9.17, 15) is 0 Å². The molecule has 4 nitrogen and oxygen atoms in total. The highest BCUT2D eigenvalue weighted by molar-refractivity contribution is 6.35. The van der Waals surface area contributed by atoms with E-state index in [-0.39, 0.29) is 5.95 Å². The van der Waals surface area contributed by atoms with E-state index >= 15 is 0 Å². The molecule has 0 aliphatic carbocycles. The Bertz CT molecular complexity index is 394. The van der Waals surface area contributed by atoms with E-state index < -0.39 is 0 Å². The van der Waals surface area contributed by atoms with Crippen LogP contribution in [0.3, 0.4) is 0 Å². The van der Waals surface area contributed by atoms with Gasteiger partial charge in [-0.2, -0.15) is 4.98 Å². The van der Waals surface area contributed by atoms with E-state index in [1.165, 1.54) is 0 Å². The first kappa shape index (κ1) is 6.42. The summed E-state index contributed by atoms with van der Waals surface area (Å²) in [6.45, 7) is 0. The maximum absolute atomic E-state index is 5.77. The maximum Gasteiger partial charge on any atom is 0.221 e. The van der Waals surface area contributed by atoms with Crippen molar-refractivity contribution in [1.29, 1.82) is 0 Å². The minimum Gasteiger partial charge on any atom is -0.368 e. The van der Waals surface area contributed by atoms with Gasteiger partial charge in [0.15, 0.2) is 0 Å². The van der Waals surface area contributed by atoms with E-state index in [1.54, 1.807) is 12.4 Å². The zero-order valence-electron chi connectivity index (χ0n) is 5.50. The molecule has 0 aliphatic rings. The molecule has 2 heterocycles. The number of rotatable bonds is 0. The van der Waals surface area contributed by atoms with Crippen LogP contribution in [0.4, 0.5) is 5.95 Å². The molecule has 3 N–H and O–H groups in total. The Kier molecular flexibility index (Phi) is 1.22. The fourth-order valence-electron chi connectivity index (χ4n) is 0.890. The van der Waals surface area contributed by atoms with E-state index in [0.29, 0.717) is 10.7 Å². The van der Waals surface area contributed by atoms with Crippen LogP contribution in [-0.2, 0) is 0 Å². The fourth-order valence-corrected chi connectivity index (χ4v) is 1.08. The van der Waals surface area contributed by atoms with Crippen molar-refractivity contribution in [2.45, 2.75) is 0 Å². The SMILES string of the molecule is Nc1ncc2c(Cl)c[nH]c2n1. The molecule has 2 aromatic heterocycles. The lowest BCUT2D eigenvalue weighted by Gasteiger charge is -1.90. The molecule has 0 radical (unpaired) electrons. The van der Waals surface area contributed by atoms with Crippen LogP contribution < -0.4 is 5.73 Å². The number of nitrogens with one attached hydrogen (secondary N) is 1. The quantitative estimate of drug-likeness (QED) is 0.621. The van der Waals surface area contributed by atoms with E-state index in [0.717, 1.165) is 5.39 Å². The number of fused-ring (bicyclic) bond motifs is 1. The van der Waals surface area contributed by atoms with Gasteiger partial charge in [-0.1, -0.05) is 11.6 Å². The standard InChI is InChI=1S/C6H5ClN4/c7-4-2-9-5-3(4)1-10-6(8)11-5/h1-2H,(H3,8,9,10,11). The number of H-pyrrole nitrogens is 1. The highest BCUT2D eigenvalue weighted by atomic mass is 35.5. The van der Waals surface area contributed by atoms with Gasteiger partial charge < -0.3 is 10.7 Å². The van der Waals surface area contributed by atoms with Crippen molar-refractivity contribution in [2.24, 2.45) is 0 Å². The molecule has 0 fully saturated rings. The molecule has 0 atom stereocenters. The van der Waals surface area contributed by atoms with Crippen molar-refractivity contribution in [3.05, 3.63) is 17.4 Å². The minimum absolute atomic E-state index is 0.246. The summed E-state index contributed by atoms with van der Waals surface area (Å²) >= 11 is 5.77. The lowest BCUT2D eigenvalue weighted by molar-refractivity contribution is 1.22. The average Bonchev–Trinajstić information content (AvgIpc) is 2.32. The van der Waals surface area contributed by atoms with Crippen LogP contribution in [0, 0.1) is 0 Å². The van der Waals surface area contributed by atoms with Crippen LogP contribution in [-0.4, -0.2) is 15.0 Å². The van der Waals surface area contributed by atoms with Crippen molar-refractivity contribution < 1.29 is 0 Å². The summed E-state index contributed by atoms with van der Waals surface area (Å²) in [6.07, 6.45) is 3.25. The molecular formula is C6H5ClN4. The normalized spacial score (nSPS) is 10.6. The van der Waals surface area contributed by atoms with Crippen LogP contribution in [0.1, 0.15) is 0 Å². The molecule has 2 rings (SSSR count).